The minimum atomic E-state index is -0.148. The van der Waals surface area contributed by atoms with Gasteiger partial charge in [0.2, 0.25) is 5.91 Å². The summed E-state index contributed by atoms with van der Waals surface area (Å²) >= 11 is 1.32. The molecular weight excluding hydrogens is 386 g/mol. The Morgan fingerprint density at radius 3 is 2.48 bits per heavy atom. The number of rotatable bonds is 7. The topological polar surface area (TPSA) is 80.1 Å². The molecule has 0 saturated carbocycles. The van der Waals surface area contributed by atoms with E-state index < -0.39 is 0 Å². The zero-order valence-electron chi connectivity index (χ0n) is 16.8. The molecule has 0 bridgehead atoms. The van der Waals surface area contributed by atoms with Gasteiger partial charge in [-0.05, 0) is 43.3 Å². The Labute approximate surface area is 174 Å². The Bertz CT molecular complexity index is 1030. The fourth-order valence-corrected chi connectivity index (χ4v) is 3.44. The molecule has 1 aromatic heterocycles. The highest BCUT2D eigenvalue weighted by atomic mass is 32.2. The Morgan fingerprint density at radius 2 is 1.83 bits per heavy atom. The van der Waals surface area contributed by atoms with Crippen LogP contribution < -0.4 is 10.2 Å². The van der Waals surface area contributed by atoms with Gasteiger partial charge in [0.15, 0.2) is 16.8 Å². The smallest absolute Gasteiger partial charge is 0.234 e. The van der Waals surface area contributed by atoms with Crippen molar-refractivity contribution in [2.75, 3.05) is 30.1 Å². The molecule has 0 aliphatic heterocycles. The average molecular weight is 410 g/mol. The maximum absolute atomic E-state index is 12.3. The zero-order chi connectivity index (χ0) is 21.0. The van der Waals surface area contributed by atoms with Crippen LogP contribution in [0.3, 0.4) is 0 Å². The molecule has 1 N–H and O–H groups in total. The van der Waals surface area contributed by atoms with E-state index in [9.17, 15) is 9.59 Å². The van der Waals surface area contributed by atoms with Crippen molar-refractivity contribution in [3.05, 3.63) is 54.1 Å². The van der Waals surface area contributed by atoms with Gasteiger partial charge in [-0.2, -0.15) is 0 Å². The third-order valence-corrected chi connectivity index (χ3v) is 5.38. The quantitative estimate of drug-likeness (QED) is 0.475. The monoisotopic (exact) mass is 409 g/mol. The summed E-state index contributed by atoms with van der Waals surface area (Å²) in [4.78, 5) is 25.6. The molecule has 0 aliphatic carbocycles. The standard InChI is InChI=1S/C21H23N5O2S/c1-14(27)15-8-10-17(11-9-15)22-19(28)13-29-21-24-23-20(26(21)4)16-6-5-7-18(12-16)25(2)3/h5-12H,13H2,1-4H3,(H,22,28). The summed E-state index contributed by atoms with van der Waals surface area (Å²) in [7, 11) is 5.87. The number of amides is 1. The summed E-state index contributed by atoms with van der Waals surface area (Å²) in [5.74, 6) is 0.798. The molecule has 0 saturated heterocycles. The van der Waals surface area contributed by atoms with E-state index in [0.29, 0.717) is 16.4 Å². The first-order chi connectivity index (χ1) is 13.8. The number of thioether (sulfide) groups is 1. The van der Waals surface area contributed by atoms with E-state index in [1.807, 2.05) is 48.8 Å². The Morgan fingerprint density at radius 1 is 1.10 bits per heavy atom. The SMILES string of the molecule is CC(=O)c1ccc(NC(=O)CSc2nnc(-c3cccc(N(C)C)c3)n2C)cc1. The molecule has 0 atom stereocenters. The summed E-state index contributed by atoms with van der Waals surface area (Å²) < 4.78 is 1.88. The number of anilines is 2. The fraction of sp³-hybridized carbons (Fsp3) is 0.238. The predicted octanol–water partition coefficient (Wildman–Crippen LogP) is 3.48. The lowest BCUT2D eigenvalue weighted by Crippen LogP contribution is -2.14. The van der Waals surface area contributed by atoms with Crippen molar-refractivity contribution in [1.29, 1.82) is 0 Å². The van der Waals surface area contributed by atoms with Gasteiger partial charge in [0.05, 0.1) is 5.75 Å². The van der Waals surface area contributed by atoms with Crippen LogP contribution in [0.2, 0.25) is 0 Å². The summed E-state index contributed by atoms with van der Waals surface area (Å²) in [5.41, 5.74) is 3.31. The molecule has 150 valence electrons. The van der Waals surface area contributed by atoms with Gasteiger partial charge in [-0.1, -0.05) is 23.9 Å². The van der Waals surface area contributed by atoms with Crippen LogP contribution in [0.15, 0.2) is 53.7 Å². The normalized spacial score (nSPS) is 10.6. The number of nitrogens with zero attached hydrogens (tertiary/aromatic N) is 4. The van der Waals surface area contributed by atoms with Crippen molar-refractivity contribution in [3.63, 3.8) is 0 Å². The maximum atomic E-state index is 12.3. The number of carbonyl (C=O) groups excluding carboxylic acids is 2. The number of ketones is 1. The van der Waals surface area contributed by atoms with E-state index in [4.69, 9.17) is 0 Å². The molecule has 0 unspecified atom stereocenters. The van der Waals surface area contributed by atoms with E-state index in [-0.39, 0.29) is 17.4 Å². The molecule has 2 aromatic carbocycles. The predicted molar refractivity (Wildman–Crippen MR) is 117 cm³/mol. The second kappa shape index (κ2) is 8.91. The average Bonchev–Trinajstić information content (AvgIpc) is 3.07. The van der Waals surface area contributed by atoms with Crippen molar-refractivity contribution in [1.82, 2.24) is 14.8 Å². The summed E-state index contributed by atoms with van der Waals surface area (Å²) in [6, 6.07) is 14.9. The van der Waals surface area contributed by atoms with Crippen molar-refractivity contribution in [2.45, 2.75) is 12.1 Å². The highest BCUT2D eigenvalue weighted by molar-refractivity contribution is 7.99. The first kappa shape index (κ1) is 20.6. The van der Waals surface area contributed by atoms with Gasteiger partial charge in [0.1, 0.15) is 0 Å². The lowest BCUT2D eigenvalue weighted by molar-refractivity contribution is -0.113. The van der Waals surface area contributed by atoms with Crippen LogP contribution in [0.25, 0.3) is 11.4 Å². The summed E-state index contributed by atoms with van der Waals surface area (Å²) in [5, 5.41) is 12.0. The number of Topliss-reactive ketones (excluding diaryl/α,β-unsaturated/α-hetero) is 1. The lowest BCUT2D eigenvalue weighted by atomic mass is 10.1. The molecular formula is C21H23N5O2S. The van der Waals surface area contributed by atoms with Crippen LogP contribution in [-0.2, 0) is 11.8 Å². The Kier molecular flexibility index (Phi) is 6.33. The molecule has 3 aromatic rings. The van der Waals surface area contributed by atoms with E-state index in [1.165, 1.54) is 18.7 Å². The third-order valence-electron chi connectivity index (χ3n) is 4.36. The van der Waals surface area contributed by atoms with E-state index in [2.05, 4.69) is 21.6 Å². The van der Waals surface area contributed by atoms with Crippen LogP contribution in [0.4, 0.5) is 11.4 Å². The van der Waals surface area contributed by atoms with Gasteiger partial charge in [-0.25, -0.2) is 0 Å². The minimum Gasteiger partial charge on any atom is -0.378 e. The molecule has 0 radical (unpaired) electrons. The molecule has 0 spiro atoms. The van der Waals surface area contributed by atoms with Crippen molar-refractivity contribution >= 4 is 34.8 Å². The molecule has 1 amide bonds. The fourth-order valence-electron chi connectivity index (χ4n) is 2.73. The molecule has 0 fully saturated rings. The first-order valence-electron chi connectivity index (χ1n) is 9.06. The lowest BCUT2D eigenvalue weighted by Gasteiger charge is -2.13. The molecule has 3 rings (SSSR count). The van der Waals surface area contributed by atoms with E-state index in [0.717, 1.165) is 17.1 Å². The van der Waals surface area contributed by atoms with Gasteiger partial charge in [0, 0.05) is 43.6 Å². The number of carbonyl (C=O) groups is 2. The number of hydrogen-bond acceptors (Lipinski definition) is 6. The number of hydrogen-bond donors (Lipinski definition) is 1. The Hall–Kier alpha value is -3.13. The van der Waals surface area contributed by atoms with Gasteiger partial charge in [-0.3, -0.25) is 9.59 Å². The maximum Gasteiger partial charge on any atom is 0.234 e. The summed E-state index contributed by atoms with van der Waals surface area (Å²) in [6.07, 6.45) is 0. The largest absolute Gasteiger partial charge is 0.378 e. The van der Waals surface area contributed by atoms with Crippen LogP contribution >= 0.6 is 11.8 Å². The van der Waals surface area contributed by atoms with Crippen molar-refractivity contribution in [3.8, 4) is 11.4 Å². The van der Waals surface area contributed by atoms with Crippen LogP contribution in [-0.4, -0.2) is 46.3 Å². The van der Waals surface area contributed by atoms with Gasteiger partial charge in [0.25, 0.3) is 0 Å². The van der Waals surface area contributed by atoms with E-state index in [1.54, 1.807) is 24.3 Å². The molecule has 7 nitrogen and oxygen atoms in total. The van der Waals surface area contributed by atoms with Crippen LogP contribution in [0.1, 0.15) is 17.3 Å². The number of benzene rings is 2. The number of nitrogens with one attached hydrogen (secondary N) is 1. The molecule has 1 heterocycles. The van der Waals surface area contributed by atoms with Gasteiger partial charge >= 0.3 is 0 Å². The highest BCUT2D eigenvalue weighted by Gasteiger charge is 2.14. The van der Waals surface area contributed by atoms with Gasteiger partial charge in [-0.15, -0.1) is 10.2 Å². The Balaban J connectivity index is 1.63. The second-order valence-electron chi connectivity index (χ2n) is 6.78. The van der Waals surface area contributed by atoms with Crippen LogP contribution in [0, 0.1) is 0 Å². The molecule has 29 heavy (non-hydrogen) atoms. The first-order valence-corrected chi connectivity index (χ1v) is 10.0. The molecule has 8 heteroatoms. The van der Waals surface area contributed by atoms with Crippen LogP contribution in [0.5, 0.6) is 0 Å². The number of aromatic nitrogens is 3. The zero-order valence-corrected chi connectivity index (χ0v) is 17.7. The molecule has 0 aliphatic rings. The summed E-state index contributed by atoms with van der Waals surface area (Å²) in [6.45, 7) is 1.51. The second-order valence-corrected chi connectivity index (χ2v) is 7.72. The minimum absolute atomic E-state index is 0.00682. The van der Waals surface area contributed by atoms with Crippen molar-refractivity contribution < 1.29 is 9.59 Å². The van der Waals surface area contributed by atoms with Gasteiger partial charge < -0.3 is 14.8 Å². The highest BCUT2D eigenvalue weighted by Crippen LogP contribution is 2.25. The van der Waals surface area contributed by atoms with E-state index >= 15 is 0 Å². The van der Waals surface area contributed by atoms with Crippen molar-refractivity contribution in [2.24, 2.45) is 7.05 Å². The third kappa shape index (κ3) is 5.03.